The molecule has 1 saturated heterocycles. The Kier molecular flexibility index (Phi) is 3.70. The first kappa shape index (κ1) is 13.7. The van der Waals surface area contributed by atoms with E-state index >= 15 is 0 Å². The van der Waals surface area contributed by atoms with Crippen LogP contribution in [0.4, 0.5) is 18.9 Å². The zero-order valence-corrected chi connectivity index (χ0v) is 10.7. The van der Waals surface area contributed by atoms with Gasteiger partial charge in [0.2, 0.25) is 0 Å². The summed E-state index contributed by atoms with van der Waals surface area (Å²) in [6.07, 6.45) is -2.35. The van der Waals surface area contributed by atoms with Gasteiger partial charge in [-0.1, -0.05) is 13.3 Å². The molecule has 0 amide bonds. The van der Waals surface area contributed by atoms with Gasteiger partial charge in [0.15, 0.2) is 0 Å². The van der Waals surface area contributed by atoms with Gasteiger partial charge in [-0.25, -0.2) is 0 Å². The van der Waals surface area contributed by atoms with Crippen LogP contribution >= 0.6 is 0 Å². The van der Waals surface area contributed by atoms with Crippen LogP contribution in [0.3, 0.4) is 0 Å². The molecule has 2 nitrogen and oxygen atoms in total. The van der Waals surface area contributed by atoms with Gasteiger partial charge in [-0.15, -0.1) is 0 Å². The van der Waals surface area contributed by atoms with E-state index in [9.17, 15) is 13.2 Å². The Balaban J connectivity index is 2.28. The molecular formula is C14H15F3N2. The Hall–Kier alpha value is -1.70. The highest BCUT2D eigenvalue weighted by molar-refractivity contribution is 5.55. The number of hydrogen-bond acceptors (Lipinski definition) is 2. The Labute approximate surface area is 110 Å². The van der Waals surface area contributed by atoms with Crippen molar-refractivity contribution in [3.8, 4) is 6.07 Å². The fourth-order valence-electron chi connectivity index (χ4n) is 2.47. The van der Waals surface area contributed by atoms with Gasteiger partial charge < -0.3 is 4.90 Å². The van der Waals surface area contributed by atoms with E-state index in [1.54, 1.807) is 6.07 Å². The van der Waals surface area contributed by atoms with Gasteiger partial charge in [0.1, 0.15) is 0 Å². The molecule has 1 aliphatic heterocycles. The van der Waals surface area contributed by atoms with E-state index < -0.39 is 11.7 Å². The van der Waals surface area contributed by atoms with Crippen LogP contribution in [-0.4, -0.2) is 13.1 Å². The molecule has 0 radical (unpaired) electrons. The summed E-state index contributed by atoms with van der Waals surface area (Å²) in [5, 5.41) is 8.88. The van der Waals surface area contributed by atoms with Crippen LogP contribution in [-0.2, 0) is 6.18 Å². The van der Waals surface area contributed by atoms with E-state index in [0.29, 0.717) is 11.6 Å². The third-order valence-corrected chi connectivity index (χ3v) is 3.66. The molecule has 1 aromatic rings. The first-order valence-corrected chi connectivity index (χ1v) is 6.32. The van der Waals surface area contributed by atoms with Crippen molar-refractivity contribution in [2.45, 2.75) is 25.9 Å². The van der Waals surface area contributed by atoms with Crippen molar-refractivity contribution in [2.24, 2.45) is 5.92 Å². The SMILES string of the molecule is CCC1CCN(c2ccc(C(F)(F)F)c(C#N)c2)C1. The molecule has 0 aromatic heterocycles. The highest BCUT2D eigenvalue weighted by atomic mass is 19.4. The lowest BCUT2D eigenvalue weighted by molar-refractivity contribution is -0.137. The molecule has 1 atom stereocenters. The summed E-state index contributed by atoms with van der Waals surface area (Å²) < 4.78 is 38.1. The molecule has 0 bridgehead atoms. The average molecular weight is 268 g/mol. The lowest BCUT2D eigenvalue weighted by Crippen LogP contribution is -2.20. The Bertz CT molecular complexity index is 502. The lowest BCUT2D eigenvalue weighted by atomic mass is 10.1. The minimum Gasteiger partial charge on any atom is -0.371 e. The molecule has 1 aliphatic rings. The smallest absolute Gasteiger partial charge is 0.371 e. The first-order chi connectivity index (χ1) is 8.95. The normalized spacial score (nSPS) is 19.5. The summed E-state index contributed by atoms with van der Waals surface area (Å²) in [6, 6.07) is 5.46. The molecule has 5 heteroatoms. The predicted octanol–water partition coefficient (Wildman–Crippen LogP) is 3.81. The van der Waals surface area contributed by atoms with Gasteiger partial charge in [0, 0.05) is 18.8 Å². The molecule has 19 heavy (non-hydrogen) atoms. The second-order valence-corrected chi connectivity index (χ2v) is 4.85. The van der Waals surface area contributed by atoms with E-state index in [1.807, 2.05) is 0 Å². The maximum absolute atomic E-state index is 12.7. The topological polar surface area (TPSA) is 27.0 Å². The average Bonchev–Trinajstić information content (AvgIpc) is 2.85. The minimum atomic E-state index is -4.47. The van der Waals surface area contributed by atoms with Crippen molar-refractivity contribution < 1.29 is 13.2 Å². The zero-order chi connectivity index (χ0) is 14.0. The third kappa shape index (κ3) is 2.83. The molecule has 0 saturated carbocycles. The molecule has 0 N–H and O–H groups in total. The number of halogens is 3. The summed E-state index contributed by atoms with van der Waals surface area (Å²) in [5.41, 5.74) is -0.449. The summed E-state index contributed by atoms with van der Waals surface area (Å²) in [5.74, 6) is 0.591. The van der Waals surface area contributed by atoms with Crippen LogP contribution in [0.5, 0.6) is 0 Å². The van der Waals surface area contributed by atoms with Gasteiger partial charge in [0.25, 0.3) is 0 Å². The van der Waals surface area contributed by atoms with E-state index in [4.69, 9.17) is 5.26 Å². The predicted molar refractivity (Wildman–Crippen MR) is 66.8 cm³/mol. The first-order valence-electron chi connectivity index (χ1n) is 6.32. The molecule has 1 heterocycles. The molecular weight excluding hydrogens is 253 g/mol. The van der Waals surface area contributed by atoms with Gasteiger partial charge in [0.05, 0.1) is 17.2 Å². The van der Waals surface area contributed by atoms with Crippen molar-refractivity contribution in [2.75, 3.05) is 18.0 Å². The molecule has 0 aliphatic carbocycles. The number of hydrogen-bond donors (Lipinski definition) is 0. The number of rotatable bonds is 2. The van der Waals surface area contributed by atoms with E-state index in [-0.39, 0.29) is 5.56 Å². The van der Waals surface area contributed by atoms with Crippen molar-refractivity contribution >= 4 is 5.69 Å². The molecule has 102 valence electrons. The summed E-state index contributed by atoms with van der Waals surface area (Å²) in [4.78, 5) is 2.05. The number of nitriles is 1. The van der Waals surface area contributed by atoms with Crippen molar-refractivity contribution in [1.29, 1.82) is 5.26 Å². The highest BCUT2D eigenvalue weighted by Gasteiger charge is 2.34. The Morgan fingerprint density at radius 1 is 1.42 bits per heavy atom. The summed E-state index contributed by atoms with van der Waals surface area (Å²) in [6.45, 7) is 3.81. The zero-order valence-electron chi connectivity index (χ0n) is 10.7. The third-order valence-electron chi connectivity index (χ3n) is 3.66. The Morgan fingerprint density at radius 3 is 2.68 bits per heavy atom. The van der Waals surface area contributed by atoms with Crippen LogP contribution in [0, 0.1) is 17.2 Å². The van der Waals surface area contributed by atoms with Gasteiger partial charge in [-0.05, 0) is 30.5 Å². The number of anilines is 1. The minimum absolute atomic E-state index is 0.301. The van der Waals surface area contributed by atoms with E-state index in [1.165, 1.54) is 12.1 Å². The van der Waals surface area contributed by atoms with Crippen LogP contribution in [0.2, 0.25) is 0 Å². The summed E-state index contributed by atoms with van der Waals surface area (Å²) >= 11 is 0. The van der Waals surface area contributed by atoms with Gasteiger partial charge >= 0.3 is 6.18 Å². The summed E-state index contributed by atoms with van der Waals surface area (Å²) in [7, 11) is 0. The monoisotopic (exact) mass is 268 g/mol. The highest BCUT2D eigenvalue weighted by Crippen LogP contribution is 2.34. The van der Waals surface area contributed by atoms with Crippen molar-refractivity contribution in [3.63, 3.8) is 0 Å². The Morgan fingerprint density at radius 2 is 2.16 bits per heavy atom. The van der Waals surface area contributed by atoms with Crippen LogP contribution in [0.25, 0.3) is 0 Å². The second kappa shape index (κ2) is 5.12. The molecule has 1 unspecified atom stereocenters. The molecule has 2 rings (SSSR count). The molecule has 1 aromatic carbocycles. The standard InChI is InChI=1S/C14H15F3N2/c1-2-10-5-6-19(9-10)12-3-4-13(14(15,16)17)11(7-12)8-18/h3-4,7,10H,2,5-6,9H2,1H3. The van der Waals surface area contributed by atoms with E-state index in [2.05, 4.69) is 11.8 Å². The quantitative estimate of drug-likeness (QED) is 0.815. The van der Waals surface area contributed by atoms with Crippen LogP contribution in [0.15, 0.2) is 18.2 Å². The van der Waals surface area contributed by atoms with Gasteiger partial charge in [-0.2, -0.15) is 18.4 Å². The number of benzene rings is 1. The molecule has 1 fully saturated rings. The van der Waals surface area contributed by atoms with Crippen molar-refractivity contribution in [3.05, 3.63) is 29.3 Å². The second-order valence-electron chi connectivity index (χ2n) is 4.85. The fourth-order valence-corrected chi connectivity index (χ4v) is 2.47. The number of nitrogens with zero attached hydrogens (tertiary/aromatic N) is 2. The van der Waals surface area contributed by atoms with Gasteiger partial charge in [-0.3, -0.25) is 0 Å². The van der Waals surface area contributed by atoms with Crippen molar-refractivity contribution in [1.82, 2.24) is 0 Å². The lowest BCUT2D eigenvalue weighted by Gasteiger charge is -2.20. The maximum Gasteiger partial charge on any atom is 0.417 e. The molecule has 0 spiro atoms. The maximum atomic E-state index is 12.7. The van der Waals surface area contributed by atoms with Crippen LogP contribution < -0.4 is 4.90 Å². The van der Waals surface area contributed by atoms with Crippen LogP contribution in [0.1, 0.15) is 30.9 Å². The largest absolute Gasteiger partial charge is 0.417 e. The number of alkyl halides is 3. The fraction of sp³-hybridized carbons (Fsp3) is 0.500. The van der Waals surface area contributed by atoms with E-state index in [0.717, 1.165) is 32.0 Å².